The Kier molecular flexibility index (Phi) is 8.00. The second-order valence-corrected chi connectivity index (χ2v) is 8.60. The molecule has 1 saturated heterocycles. The summed E-state index contributed by atoms with van der Waals surface area (Å²) in [4.78, 5) is 0. The molecule has 1 fully saturated rings. The van der Waals surface area contributed by atoms with Crippen LogP contribution in [-0.2, 0) is 4.74 Å². The summed E-state index contributed by atoms with van der Waals surface area (Å²) in [6, 6.07) is 8.03. The van der Waals surface area contributed by atoms with Crippen molar-refractivity contribution in [2.45, 2.75) is 42.7 Å². The summed E-state index contributed by atoms with van der Waals surface area (Å²) in [5.74, 6) is -0.00679. The van der Waals surface area contributed by atoms with Gasteiger partial charge in [-0.1, -0.05) is 18.2 Å². The first-order chi connectivity index (χ1) is 17.3. The van der Waals surface area contributed by atoms with E-state index in [4.69, 9.17) is 18.9 Å². The maximum absolute atomic E-state index is 10.4. The lowest BCUT2D eigenvalue weighted by Gasteiger charge is -2.39. The van der Waals surface area contributed by atoms with Crippen molar-refractivity contribution in [3.8, 4) is 23.0 Å². The molecule has 11 heteroatoms. The number of methoxy groups -OCH3 is 1. The highest BCUT2D eigenvalue weighted by atomic mass is 16.7. The van der Waals surface area contributed by atoms with Gasteiger partial charge in [0.15, 0.2) is 23.0 Å². The van der Waals surface area contributed by atoms with Crippen molar-refractivity contribution < 1.29 is 54.7 Å². The number of aromatic hydroxyl groups is 1. The molecule has 7 N–H and O–H groups in total. The molecule has 0 saturated carbocycles. The lowest BCUT2D eigenvalue weighted by atomic mass is 9.90. The van der Waals surface area contributed by atoms with Crippen molar-refractivity contribution in [1.29, 1.82) is 0 Å². The van der Waals surface area contributed by atoms with E-state index in [1.807, 2.05) is 0 Å². The SMILES string of the molecule is COc1cc([C@H]2Oc3c(O[C@@H]4O[C@H](CO)[C@@H](O)[C@H](O)[C@H]4O)cc(C=CCO)cc3[C@H]2CO)ccc1O. The van der Waals surface area contributed by atoms with Crippen LogP contribution in [-0.4, -0.2) is 93.4 Å². The van der Waals surface area contributed by atoms with Crippen molar-refractivity contribution in [3.63, 3.8) is 0 Å². The normalized spacial score (nSPS) is 29.7. The van der Waals surface area contributed by atoms with Crippen LogP contribution in [0.3, 0.4) is 0 Å². The fraction of sp³-hybridized carbons (Fsp3) is 0.440. The fourth-order valence-corrected chi connectivity index (χ4v) is 4.45. The molecule has 2 aromatic rings. The third-order valence-corrected chi connectivity index (χ3v) is 6.35. The number of benzene rings is 2. The predicted molar refractivity (Wildman–Crippen MR) is 125 cm³/mol. The molecule has 0 amide bonds. The number of ether oxygens (including phenoxy) is 4. The molecule has 196 valence electrons. The van der Waals surface area contributed by atoms with Crippen LogP contribution in [0.4, 0.5) is 0 Å². The minimum atomic E-state index is -1.64. The zero-order valence-electron chi connectivity index (χ0n) is 19.5. The Morgan fingerprint density at radius 1 is 0.944 bits per heavy atom. The molecule has 0 radical (unpaired) electrons. The number of hydrogen-bond acceptors (Lipinski definition) is 11. The quantitative estimate of drug-likeness (QED) is 0.252. The molecule has 0 spiro atoms. The minimum absolute atomic E-state index is 0.0552. The second kappa shape index (κ2) is 11.0. The monoisotopic (exact) mass is 506 g/mol. The molecule has 0 aromatic heterocycles. The Hall–Kier alpha value is -2.90. The van der Waals surface area contributed by atoms with Crippen molar-refractivity contribution in [2.24, 2.45) is 0 Å². The van der Waals surface area contributed by atoms with Gasteiger partial charge in [-0.3, -0.25) is 0 Å². The van der Waals surface area contributed by atoms with E-state index in [0.717, 1.165) is 0 Å². The highest BCUT2D eigenvalue weighted by Crippen LogP contribution is 2.52. The van der Waals surface area contributed by atoms with Gasteiger partial charge in [0, 0.05) is 5.56 Å². The van der Waals surface area contributed by atoms with E-state index in [1.54, 1.807) is 30.3 Å². The van der Waals surface area contributed by atoms with Crippen molar-refractivity contribution in [1.82, 2.24) is 0 Å². The largest absolute Gasteiger partial charge is 0.504 e. The minimum Gasteiger partial charge on any atom is -0.504 e. The molecular formula is C25H30O11. The van der Waals surface area contributed by atoms with Crippen LogP contribution in [0.1, 0.15) is 28.7 Å². The van der Waals surface area contributed by atoms with Crippen molar-refractivity contribution >= 4 is 6.08 Å². The van der Waals surface area contributed by atoms with Crippen LogP contribution < -0.4 is 14.2 Å². The number of phenolic OH excluding ortho intramolecular Hbond substituents is 1. The zero-order chi connectivity index (χ0) is 26.0. The van der Waals surface area contributed by atoms with Gasteiger partial charge in [0.05, 0.1) is 32.8 Å². The van der Waals surface area contributed by atoms with E-state index in [2.05, 4.69) is 0 Å². The van der Waals surface area contributed by atoms with Crippen LogP contribution in [0.25, 0.3) is 6.08 Å². The molecule has 2 aliphatic heterocycles. The maximum Gasteiger partial charge on any atom is 0.229 e. The smallest absolute Gasteiger partial charge is 0.229 e. The number of aliphatic hydroxyl groups is 6. The molecule has 0 bridgehead atoms. The van der Waals surface area contributed by atoms with E-state index in [9.17, 15) is 35.7 Å². The van der Waals surface area contributed by atoms with Crippen LogP contribution in [0.15, 0.2) is 36.4 Å². The van der Waals surface area contributed by atoms with E-state index in [-0.39, 0.29) is 36.2 Å². The summed E-state index contributed by atoms with van der Waals surface area (Å²) < 4.78 is 22.8. The lowest BCUT2D eigenvalue weighted by molar-refractivity contribution is -0.277. The average Bonchev–Trinajstić information content (AvgIpc) is 3.26. The molecular weight excluding hydrogens is 476 g/mol. The first-order valence-electron chi connectivity index (χ1n) is 11.4. The Morgan fingerprint density at radius 3 is 2.39 bits per heavy atom. The highest BCUT2D eigenvalue weighted by Gasteiger charge is 2.46. The van der Waals surface area contributed by atoms with Gasteiger partial charge < -0.3 is 54.7 Å². The summed E-state index contributed by atoms with van der Waals surface area (Å²) in [5, 5.41) is 69.6. The molecule has 0 aliphatic carbocycles. The van der Waals surface area contributed by atoms with Crippen molar-refractivity contribution in [2.75, 3.05) is 26.9 Å². The van der Waals surface area contributed by atoms with Crippen LogP contribution in [0.2, 0.25) is 0 Å². The summed E-state index contributed by atoms with van der Waals surface area (Å²) in [5.41, 5.74) is 1.79. The average molecular weight is 507 g/mol. The van der Waals surface area contributed by atoms with Crippen LogP contribution in [0.5, 0.6) is 23.0 Å². The molecule has 7 atom stereocenters. The van der Waals surface area contributed by atoms with Gasteiger partial charge in [-0.05, 0) is 35.4 Å². The topological polar surface area (TPSA) is 179 Å². The van der Waals surface area contributed by atoms with Gasteiger partial charge >= 0.3 is 0 Å². The standard InChI is InChI=1S/C25H30O11/c1-33-17-9-13(4-5-16(17)29)23-15(10-27)14-7-12(3-2-6-26)8-18(24(14)36-23)34-25-22(32)21(31)20(30)19(11-28)35-25/h2-5,7-9,15,19-23,25-32H,6,10-11H2,1H3/t15-,19-,20-,21+,22-,23-,25-/m1/s1. The van der Waals surface area contributed by atoms with Gasteiger partial charge in [0.2, 0.25) is 6.29 Å². The molecule has 2 aromatic carbocycles. The summed E-state index contributed by atoms with van der Waals surface area (Å²) in [6.07, 6.45) is -4.98. The number of aliphatic hydroxyl groups excluding tert-OH is 6. The maximum atomic E-state index is 10.4. The second-order valence-electron chi connectivity index (χ2n) is 8.60. The third kappa shape index (κ3) is 4.87. The first-order valence-corrected chi connectivity index (χ1v) is 11.4. The van der Waals surface area contributed by atoms with Gasteiger partial charge in [-0.2, -0.15) is 0 Å². The van der Waals surface area contributed by atoms with E-state index >= 15 is 0 Å². The van der Waals surface area contributed by atoms with E-state index in [1.165, 1.54) is 19.3 Å². The summed E-state index contributed by atoms with van der Waals surface area (Å²) >= 11 is 0. The van der Waals surface area contributed by atoms with Gasteiger partial charge in [0.25, 0.3) is 0 Å². The summed E-state index contributed by atoms with van der Waals surface area (Å²) in [6.45, 7) is -1.13. The highest BCUT2D eigenvalue weighted by molar-refractivity contribution is 5.62. The molecule has 11 nitrogen and oxygen atoms in total. The van der Waals surface area contributed by atoms with Crippen LogP contribution >= 0.6 is 0 Å². The van der Waals surface area contributed by atoms with E-state index < -0.39 is 49.3 Å². The van der Waals surface area contributed by atoms with Gasteiger partial charge in [0.1, 0.15) is 30.5 Å². The summed E-state index contributed by atoms with van der Waals surface area (Å²) in [7, 11) is 1.42. The van der Waals surface area contributed by atoms with Crippen LogP contribution in [0, 0.1) is 0 Å². The fourth-order valence-electron chi connectivity index (χ4n) is 4.45. The Morgan fingerprint density at radius 2 is 1.72 bits per heavy atom. The molecule has 4 rings (SSSR count). The number of rotatable bonds is 8. The zero-order valence-corrected chi connectivity index (χ0v) is 19.5. The molecule has 0 unspecified atom stereocenters. The van der Waals surface area contributed by atoms with Gasteiger partial charge in [-0.15, -0.1) is 0 Å². The van der Waals surface area contributed by atoms with Crippen molar-refractivity contribution in [3.05, 3.63) is 53.1 Å². The van der Waals surface area contributed by atoms with Gasteiger partial charge in [-0.25, -0.2) is 0 Å². The lowest BCUT2D eigenvalue weighted by Crippen LogP contribution is -2.60. The molecule has 2 heterocycles. The number of phenols is 1. The third-order valence-electron chi connectivity index (χ3n) is 6.35. The Balaban J connectivity index is 1.73. The predicted octanol–water partition coefficient (Wildman–Crippen LogP) is -0.205. The molecule has 36 heavy (non-hydrogen) atoms. The number of hydrogen-bond donors (Lipinski definition) is 7. The van der Waals surface area contributed by atoms with E-state index in [0.29, 0.717) is 16.7 Å². The molecule has 2 aliphatic rings. The number of fused-ring (bicyclic) bond motifs is 1. The first kappa shape index (κ1) is 26.2. The Bertz CT molecular complexity index is 1090. The Labute approximate surface area is 207 Å².